The maximum absolute atomic E-state index is 5.46. The van der Waals surface area contributed by atoms with Crippen molar-refractivity contribution in [2.75, 3.05) is 13.2 Å². The van der Waals surface area contributed by atoms with Crippen LogP contribution in [0.25, 0.3) is 0 Å². The van der Waals surface area contributed by atoms with Crippen molar-refractivity contribution in [3.63, 3.8) is 0 Å². The third kappa shape index (κ3) is 1.72. The first-order valence-corrected chi connectivity index (χ1v) is 5.78. The molecule has 3 nitrogen and oxygen atoms in total. The highest BCUT2D eigenvalue weighted by Gasteiger charge is 2.19. The number of hydrogen-bond donors (Lipinski definition) is 1. The molecule has 3 heterocycles. The number of ether oxygens (including phenoxy) is 1. The van der Waals surface area contributed by atoms with E-state index in [0.717, 1.165) is 25.3 Å². The maximum Gasteiger partial charge on any atom is 0.140 e. The third-order valence-corrected chi connectivity index (χ3v) is 3.27. The molecular formula is C12H16N2O. The molecule has 15 heavy (non-hydrogen) atoms. The predicted molar refractivity (Wildman–Crippen MR) is 58.0 cm³/mol. The Hall–Kier alpha value is -1.09. The van der Waals surface area contributed by atoms with Gasteiger partial charge in [0, 0.05) is 18.0 Å². The summed E-state index contributed by atoms with van der Waals surface area (Å²) < 4.78 is 5.46. The molecule has 0 amide bonds. The number of piperidine rings is 1. The van der Waals surface area contributed by atoms with E-state index in [2.05, 4.69) is 16.4 Å². The normalized spacial score (nSPS) is 24.7. The quantitative estimate of drug-likeness (QED) is 0.757. The fraction of sp³-hybridized carbons (Fsp3) is 0.583. The molecule has 0 aromatic carbocycles. The molecule has 3 rings (SSSR count). The molecule has 80 valence electrons. The van der Waals surface area contributed by atoms with E-state index in [1.54, 1.807) is 0 Å². The molecule has 1 aromatic rings. The Morgan fingerprint density at radius 1 is 1.40 bits per heavy atom. The average Bonchev–Trinajstić information content (AvgIpc) is 2.77. The SMILES string of the molecule is c1c(C2CCCCN2)ncc2c1CCO2. The first kappa shape index (κ1) is 9.16. The van der Waals surface area contributed by atoms with Crippen molar-refractivity contribution < 1.29 is 4.74 Å². The highest BCUT2D eigenvalue weighted by atomic mass is 16.5. The molecule has 0 bridgehead atoms. The van der Waals surface area contributed by atoms with Crippen molar-refractivity contribution in [2.45, 2.75) is 31.7 Å². The molecule has 0 radical (unpaired) electrons. The van der Waals surface area contributed by atoms with Gasteiger partial charge in [-0.3, -0.25) is 4.98 Å². The molecule has 0 aliphatic carbocycles. The van der Waals surface area contributed by atoms with Crippen LogP contribution in [0.4, 0.5) is 0 Å². The molecule has 2 aliphatic heterocycles. The fourth-order valence-electron chi connectivity index (χ4n) is 2.39. The van der Waals surface area contributed by atoms with E-state index >= 15 is 0 Å². The van der Waals surface area contributed by atoms with Gasteiger partial charge in [0.15, 0.2) is 0 Å². The van der Waals surface area contributed by atoms with Gasteiger partial charge in [-0.05, 0) is 25.5 Å². The number of rotatable bonds is 1. The van der Waals surface area contributed by atoms with Gasteiger partial charge >= 0.3 is 0 Å². The number of pyridine rings is 1. The van der Waals surface area contributed by atoms with Gasteiger partial charge in [-0.25, -0.2) is 0 Å². The lowest BCUT2D eigenvalue weighted by molar-refractivity contribution is 0.355. The van der Waals surface area contributed by atoms with E-state index in [4.69, 9.17) is 4.74 Å². The van der Waals surface area contributed by atoms with Crippen molar-refractivity contribution in [1.29, 1.82) is 0 Å². The van der Waals surface area contributed by atoms with E-state index in [9.17, 15) is 0 Å². The minimum atomic E-state index is 0.463. The maximum atomic E-state index is 5.46. The zero-order valence-electron chi connectivity index (χ0n) is 8.83. The van der Waals surface area contributed by atoms with Gasteiger partial charge < -0.3 is 10.1 Å². The van der Waals surface area contributed by atoms with E-state index in [1.807, 2.05) is 6.20 Å². The molecule has 0 saturated carbocycles. The van der Waals surface area contributed by atoms with E-state index in [0.29, 0.717) is 6.04 Å². The van der Waals surface area contributed by atoms with Gasteiger partial charge in [0.1, 0.15) is 5.75 Å². The number of fused-ring (bicyclic) bond motifs is 1. The Kier molecular flexibility index (Phi) is 2.33. The average molecular weight is 204 g/mol. The van der Waals surface area contributed by atoms with Crippen molar-refractivity contribution >= 4 is 0 Å². The number of aromatic nitrogens is 1. The summed E-state index contributed by atoms with van der Waals surface area (Å²) in [6.45, 7) is 1.94. The van der Waals surface area contributed by atoms with Gasteiger partial charge in [-0.15, -0.1) is 0 Å². The second-order valence-electron chi connectivity index (χ2n) is 4.32. The highest BCUT2D eigenvalue weighted by molar-refractivity contribution is 5.36. The summed E-state index contributed by atoms with van der Waals surface area (Å²) in [6, 6.07) is 2.68. The molecule has 1 unspecified atom stereocenters. The molecule has 3 heteroatoms. The minimum Gasteiger partial charge on any atom is -0.491 e. The molecule has 1 fully saturated rings. The lowest BCUT2D eigenvalue weighted by atomic mass is 10.0. The molecule has 1 N–H and O–H groups in total. The summed E-state index contributed by atoms with van der Waals surface area (Å²) in [4.78, 5) is 4.49. The van der Waals surface area contributed by atoms with Gasteiger partial charge in [-0.2, -0.15) is 0 Å². The first-order valence-electron chi connectivity index (χ1n) is 5.78. The predicted octanol–water partition coefficient (Wildman–Crippen LogP) is 1.83. The smallest absolute Gasteiger partial charge is 0.140 e. The van der Waals surface area contributed by atoms with Crippen LogP contribution in [0.5, 0.6) is 5.75 Å². The molecule has 1 aromatic heterocycles. The summed E-state index contributed by atoms with van der Waals surface area (Å²) >= 11 is 0. The second-order valence-corrected chi connectivity index (χ2v) is 4.32. The summed E-state index contributed by atoms with van der Waals surface area (Å²) in [5.41, 5.74) is 2.52. The Morgan fingerprint density at radius 2 is 2.40 bits per heavy atom. The monoisotopic (exact) mass is 204 g/mol. The lowest BCUT2D eigenvalue weighted by Gasteiger charge is -2.23. The summed E-state index contributed by atoms with van der Waals surface area (Å²) in [5, 5.41) is 3.52. The zero-order chi connectivity index (χ0) is 10.1. The summed E-state index contributed by atoms with van der Waals surface area (Å²) in [6.07, 6.45) is 6.75. The largest absolute Gasteiger partial charge is 0.491 e. The molecule has 0 spiro atoms. The van der Waals surface area contributed by atoms with Gasteiger partial charge in [0.05, 0.1) is 18.5 Å². The Balaban J connectivity index is 1.85. The number of nitrogens with one attached hydrogen (secondary N) is 1. The van der Waals surface area contributed by atoms with Gasteiger partial charge in [-0.1, -0.05) is 6.42 Å². The van der Waals surface area contributed by atoms with E-state index < -0.39 is 0 Å². The first-order chi connectivity index (χ1) is 7.43. The standard InChI is InChI=1S/C12H16N2O/c1-2-5-13-10(3-1)11-7-9-4-6-15-12(9)8-14-11/h7-8,10,13H,1-6H2. The van der Waals surface area contributed by atoms with Crippen molar-refractivity contribution in [2.24, 2.45) is 0 Å². The van der Waals surface area contributed by atoms with Crippen LogP contribution in [0.15, 0.2) is 12.3 Å². The van der Waals surface area contributed by atoms with Crippen LogP contribution in [-0.4, -0.2) is 18.1 Å². The minimum absolute atomic E-state index is 0.463. The highest BCUT2D eigenvalue weighted by Crippen LogP contribution is 2.28. The van der Waals surface area contributed by atoms with E-state index in [1.165, 1.54) is 30.5 Å². The van der Waals surface area contributed by atoms with Gasteiger partial charge in [0.2, 0.25) is 0 Å². The van der Waals surface area contributed by atoms with Gasteiger partial charge in [0.25, 0.3) is 0 Å². The lowest BCUT2D eigenvalue weighted by Crippen LogP contribution is -2.27. The van der Waals surface area contributed by atoms with Crippen LogP contribution >= 0.6 is 0 Å². The fourth-order valence-corrected chi connectivity index (χ4v) is 2.39. The summed E-state index contributed by atoms with van der Waals surface area (Å²) in [7, 11) is 0. The van der Waals surface area contributed by atoms with Crippen LogP contribution in [0.1, 0.15) is 36.6 Å². The van der Waals surface area contributed by atoms with Crippen molar-refractivity contribution in [3.8, 4) is 5.75 Å². The van der Waals surface area contributed by atoms with Crippen LogP contribution in [0.3, 0.4) is 0 Å². The number of hydrogen-bond acceptors (Lipinski definition) is 3. The van der Waals surface area contributed by atoms with Crippen molar-refractivity contribution in [3.05, 3.63) is 23.5 Å². The van der Waals surface area contributed by atoms with Crippen LogP contribution < -0.4 is 10.1 Å². The van der Waals surface area contributed by atoms with Crippen LogP contribution in [-0.2, 0) is 6.42 Å². The van der Waals surface area contributed by atoms with Crippen molar-refractivity contribution in [1.82, 2.24) is 10.3 Å². The van der Waals surface area contributed by atoms with Crippen LogP contribution in [0, 0.1) is 0 Å². The number of nitrogens with zero attached hydrogens (tertiary/aromatic N) is 1. The van der Waals surface area contributed by atoms with Crippen LogP contribution in [0.2, 0.25) is 0 Å². The Bertz CT molecular complexity index is 359. The zero-order valence-corrected chi connectivity index (χ0v) is 8.83. The molecule has 1 saturated heterocycles. The Morgan fingerprint density at radius 3 is 3.27 bits per heavy atom. The second kappa shape index (κ2) is 3.81. The topological polar surface area (TPSA) is 34.2 Å². The molecular weight excluding hydrogens is 188 g/mol. The van der Waals surface area contributed by atoms with E-state index in [-0.39, 0.29) is 0 Å². The third-order valence-electron chi connectivity index (χ3n) is 3.27. The molecule has 1 atom stereocenters. The summed E-state index contributed by atoms with van der Waals surface area (Å²) in [5.74, 6) is 0.981. The molecule has 2 aliphatic rings. The Labute approximate surface area is 89.9 Å².